The van der Waals surface area contributed by atoms with Crippen LogP contribution >= 0.6 is 0 Å². The van der Waals surface area contributed by atoms with Gasteiger partial charge >= 0.3 is 0 Å². The molecule has 0 saturated heterocycles. The molecule has 0 fully saturated rings. The molecule has 1 N–H and O–H groups in total. The van der Waals surface area contributed by atoms with Crippen LogP contribution in [0.2, 0.25) is 0 Å². The number of nitro groups is 1. The van der Waals surface area contributed by atoms with E-state index in [2.05, 4.69) is 10.4 Å². The van der Waals surface area contributed by atoms with Crippen LogP contribution in [0.5, 0.6) is 0 Å². The van der Waals surface area contributed by atoms with Crippen molar-refractivity contribution >= 4 is 21.6 Å². The van der Waals surface area contributed by atoms with Gasteiger partial charge in [0.25, 0.3) is 11.6 Å². The number of non-ortho nitro benzene ring substituents is 1. The number of amides is 1. The highest BCUT2D eigenvalue weighted by Gasteiger charge is 2.22. The Morgan fingerprint density at radius 3 is 2.50 bits per heavy atom. The van der Waals surface area contributed by atoms with Gasteiger partial charge in [-0.3, -0.25) is 14.9 Å². The number of rotatable bonds is 8. The minimum atomic E-state index is -3.57. The fourth-order valence-corrected chi connectivity index (χ4v) is 4.20. The molecule has 0 spiro atoms. The average Bonchev–Trinajstić information content (AvgIpc) is 3.27. The molecule has 3 rings (SSSR count). The monoisotopic (exact) mass is 457 g/mol. The minimum Gasteiger partial charge on any atom is -0.347 e. The fraction of sp³-hybridized carbons (Fsp3) is 0.238. The third-order valence-electron chi connectivity index (χ3n) is 4.91. The zero-order valence-electron chi connectivity index (χ0n) is 17.8. The number of hydrogen-bond donors (Lipinski definition) is 1. The maximum atomic E-state index is 12.5. The van der Waals surface area contributed by atoms with Crippen molar-refractivity contribution in [3.8, 4) is 5.69 Å². The number of aromatic nitrogens is 2. The molecule has 3 aromatic rings. The fourth-order valence-electron chi connectivity index (χ4n) is 2.83. The zero-order valence-corrected chi connectivity index (χ0v) is 18.6. The number of benzene rings is 2. The Balaban J connectivity index is 1.66. The van der Waals surface area contributed by atoms with Gasteiger partial charge in [0, 0.05) is 38.0 Å². The van der Waals surface area contributed by atoms with E-state index in [-0.39, 0.29) is 28.9 Å². The summed E-state index contributed by atoms with van der Waals surface area (Å²) < 4.78 is 27.7. The first kappa shape index (κ1) is 23.1. The molecular formula is C21H23N5O5S. The van der Waals surface area contributed by atoms with Crippen LogP contribution in [0.1, 0.15) is 29.9 Å². The molecule has 0 bridgehead atoms. The van der Waals surface area contributed by atoms with Crippen LogP contribution in [0, 0.1) is 10.1 Å². The van der Waals surface area contributed by atoms with Gasteiger partial charge in [0.1, 0.15) is 0 Å². The first-order valence-electron chi connectivity index (χ1n) is 9.75. The Kier molecular flexibility index (Phi) is 6.70. The first-order valence-corrected chi connectivity index (χ1v) is 11.2. The third kappa shape index (κ3) is 5.01. The van der Waals surface area contributed by atoms with E-state index in [1.54, 1.807) is 38.2 Å². The third-order valence-corrected chi connectivity index (χ3v) is 6.96. The predicted octanol–water partition coefficient (Wildman–Crippen LogP) is 2.74. The Morgan fingerprint density at radius 2 is 1.88 bits per heavy atom. The molecule has 10 nitrogen and oxygen atoms in total. The molecule has 1 aromatic heterocycles. The maximum absolute atomic E-state index is 12.5. The van der Waals surface area contributed by atoms with E-state index < -0.39 is 20.9 Å². The highest BCUT2D eigenvalue weighted by Crippen LogP contribution is 2.18. The van der Waals surface area contributed by atoms with Gasteiger partial charge in [-0.1, -0.05) is 18.2 Å². The quantitative estimate of drug-likeness (QED) is 0.409. The van der Waals surface area contributed by atoms with Gasteiger partial charge in [0.2, 0.25) is 10.0 Å². The average molecular weight is 458 g/mol. The van der Waals surface area contributed by atoms with Crippen molar-refractivity contribution in [3.63, 3.8) is 0 Å². The van der Waals surface area contributed by atoms with E-state index >= 15 is 0 Å². The lowest BCUT2D eigenvalue weighted by Gasteiger charge is -2.21. The normalized spacial score (nSPS) is 11.7. The maximum Gasteiger partial charge on any atom is 0.272 e. The number of nitrogens with zero attached hydrogens (tertiary/aromatic N) is 4. The smallest absolute Gasteiger partial charge is 0.272 e. The lowest BCUT2D eigenvalue weighted by molar-refractivity contribution is -0.384. The summed E-state index contributed by atoms with van der Waals surface area (Å²) in [5.74, 6) is -0.426. The van der Waals surface area contributed by atoms with Gasteiger partial charge in [-0.2, -0.15) is 9.40 Å². The van der Waals surface area contributed by atoms with E-state index in [0.717, 1.165) is 5.56 Å². The summed E-state index contributed by atoms with van der Waals surface area (Å²) in [4.78, 5) is 23.0. The number of carbonyl (C=O) groups is 1. The van der Waals surface area contributed by atoms with Crippen molar-refractivity contribution in [1.29, 1.82) is 0 Å². The van der Waals surface area contributed by atoms with Gasteiger partial charge in [0.05, 0.1) is 15.5 Å². The van der Waals surface area contributed by atoms with Crippen LogP contribution in [0.4, 0.5) is 5.69 Å². The van der Waals surface area contributed by atoms with Crippen molar-refractivity contribution in [2.45, 2.75) is 31.3 Å². The highest BCUT2D eigenvalue weighted by molar-refractivity contribution is 7.89. The van der Waals surface area contributed by atoms with E-state index in [0.29, 0.717) is 5.69 Å². The molecule has 0 aliphatic heterocycles. The Hall–Kier alpha value is -3.57. The molecule has 168 valence electrons. The molecule has 0 atom stereocenters. The van der Waals surface area contributed by atoms with Crippen LogP contribution in [-0.2, 0) is 16.6 Å². The van der Waals surface area contributed by atoms with Gasteiger partial charge in [-0.15, -0.1) is 0 Å². The standard InChI is InChI=1S/C21H23N5O5S/c1-15(2)24(3)32(30,31)19-9-7-16(8-10-19)14-22-21(27)20-11-12-25(23-20)17-5-4-6-18(13-17)26(28)29/h4-13,15H,14H2,1-3H3,(H,22,27). The van der Waals surface area contributed by atoms with Crippen molar-refractivity contribution in [2.75, 3.05) is 7.05 Å². The number of carbonyl (C=O) groups excluding carboxylic acids is 1. The van der Waals surface area contributed by atoms with Crippen molar-refractivity contribution < 1.29 is 18.1 Å². The zero-order chi connectivity index (χ0) is 23.5. The molecule has 0 radical (unpaired) electrons. The molecule has 0 saturated carbocycles. The van der Waals surface area contributed by atoms with Crippen molar-refractivity contribution in [2.24, 2.45) is 0 Å². The summed E-state index contributed by atoms with van der Waals surface area (Å²) >= 11 is 0. The minimum absolute atomic E-state index is 0.0750. The number of nitro benzene ring substituents is 1. The van der Waals surface area contributed by atoms with Crippen LogP contribution in [0.25, 0.3) is 5.69 Å². The molecule has 0 aliphatic rings. The molecule has 0 unspecified atom stereocenters. The molecular weight excluding hydrogens is 434 g/mol. The Bertz CT molecular complexity index is 1240. The van der Waals surface area contributed by atoms with Crippen molar-refractivity contribution in [3.05, 3.63) is 82.2 Å². The first-order chi connectivity index (χ1) is 15.1. The second kappa shape index (κ2) is 9.28. The molecule has 32 heavy (non-hydrogen) atoms. The number of nitrogens with one attached hydrogen (secondary N) is 1. The second-order valence-electron chi connectivity index (χ2n) is 7.36. The summed E-state index contributed by atoms with van der Waals surface area (Å²) in [7, 11) is -2.04. The largest absolute Gasteiger partial charge is 0.347 e. The summed E-state index contributed by atoms with van der Waals surface area (Å²) in [6.45, 7) is 3.77. The van der Waals surface area contributed by atoms with Gasteiger partial charge in [-0.05, 0) is 43.7 Å². The predicted molar refractivity (Wildman–Crippen MR) is 118 cm³/mol. The number of sulfonamides is 1. The highest BCUT2D eigenvalue weighted by atomic mass is 32.2. The molecule has 0 aliphatic carbocycles. The van der Waals surface area contributed by atoms with E-state index in [9.17, 15) is 23.3 Å². The number of hydrogen-bond acceptors (Lipinski definition) is 6. The van der Waals surface area contributed by atoms with Gasteiger partial charge < -0.3 is 5.32 Å². The van der Waals surface area contributed by atoms with Crippen LogP contribution in [0.3, 0.4) is 0 Å². The van der Waals surface area contributed by atoms with Crippen LogP contribution in [0.15, 0.2) is 65.7 Å². The van der Waals surface area contributed by atoms with E-state index in [1.165, 1.54) is 52.4 Å². The summed E-state index contributed by atoms with van der Waals surface area (Å²) in [5.41, 5.74) is 1.26. The Labute approximate surface area is 185 Å². The molecule has 2 aromatic carbocycles. The Morgan fingerprint density at radius 1 is 1.19 bits per heavy atom. The van der Waals surface area contributed by atoms with E-state index in [4.69, 9.17) is 0 Å². The molecule has 1 heterocycles. The van der Waals surface area contributed by atoms with Gasteiger partial charge in [-0.25, -0.2) is 13.1 Å². The summed E-state index contributed by atoms with van der Waals surface area (Å²) in [5, 5.41) is 17.8. The van der Waals surface area contributed by atoms with Crippen LogP contribution in [-0.4, -0.2) is 46.4 Å². The second-order valence-corrected chi connectivity index (χ2v) is 9.36. The molecule has 11 heteroatoms. The van der Waals surface area contributed by atoms with Gasteiger partial charge in [0.15, 0.2) is 5.69 Å². The SMILES string of the molecule is CC(C)N(C)S(=O)(=O)c1ccc(CNC(=O)c2ccn(-c3cccc([N+](=O)[O-])c3)n2)cc1. The van der Waals surface area contributed by atoms with Crippen LogP contribution < -0.4 is 5.32 Å². The lowest BCUT2D eigenvalue weighted by atomic mass is 10.2. The topological polar surface area (TPSA) is 127 Å². The summed E-state index contributed by atoms with van der Waals surface area (Å²) in [6.07, 6.45) is 1.54. The van der Waals surface area contributed by atoms with Crippen molar-refractivity contribution in [1.82, 2.24) is 19.4 Å². The lowest BCUT2D eigenvalue weighted by Crippen LogP contribution is -2.33. The molecule has 1 amide bonds. The summed E-state index contributed by atoms with van der Waals surface area (Å²) in [6, 6.07) is 13.6. The van der Waals surface area contributed by atoms with E-state index in [1.807, 2.05) is 0 Å².